The standard InChI is InChI=1S/C15H19ClO/c1-15(2)8-7-12(14(15)10-17)9-11-3-5-13(16)6-4-11/h3-6,9,14,17H,7-8,10H2,1-2H3/b12-9+. The first-order valence-electron chi connectivity index (χ1n) is 6.10. The lowest BCUT2D eigenvalue weighted by Gasteiger charge is -2.25. The zero-order chi connectivity index (χ0) is 12.5. The molecule has 0 bridgehead atoms. The predicted molar refractivity (Wildman–Crippen MR) is 73.0 cm³/mol. The Hall–Kier alpha value is -0.790. The first kappa shape index (κ1) is 12.7. The SMILES string of the molecule is CC1(C)CC/C(=C\c2ccc(Cl)cc2)C1CO. The van der Waals surface area contributed by atoms with E-state index < -0.39 is 0 Å². The summed E-state index contributed by atoms with van der Waals surface area (Å²) in [5, 5.41) is 10.3. The molecule has 92 valence electrons. The second-order valence-corrected chi connectivity index (χ2v) is 5.93. The van der Waals surface area contributed by atoms with Gasteiger partial charge in [0, 0.05) is 10.9 Å². The molecule has 1 saturated carbocycles. The molecule has 0 heterocycles. The molecule has 2 heteroatoms. The number of hydrogen-bond donors (Lipinski definition) is 1. The van der Waals surface area contributed by atoms with E-state index in [0.717, 1.165) is 17.9 Å². The maximum Gasteiger partial charge on any atom is 0.0501 e. The molecule has 1 aliphatic carbocycles. The third-order valence-electron chi connectivity index (χ3n) is 3.85. The van der Waals surface area contributed by atoms with E-state index in [0.29, 0.717) is 0 Å². The molecule has 1 N–H and O–H groups in total. The molecule has 1 nitrogen and oxygen atoms in total. The van der Waals surface area contributed by atoms with Crippen LogP contribution < -0.4 is 0 Å². The lowest BCUT2D eigenvalue weighted by Crippen LogP contribution is -2.21. The van der Waals surface area contributed by atoms with Crippen LogP contribution in [0, 0.1) is 11.3 Å². The smallest absolute Gasteiger partial charge is 0.0501 e. The lowest BCUT2D eigenvalue weighted by molar-refractivity contribution is 0.166. The van der Waals surface area contributed by atoms with Gasteiger partial charge in [-0.25, -0.2) is 0 Å². The van der Waals surface area contributed by atoms with Crippen molar-refractivity contribution in [3.63, 3.8) is 0 Å². The van der Waals surface area contributed by atoms with Crippen molar-refractivity contribution in [2.45, 2.75) is 26.7 Å². The Labute approximate surface area is 108 Å². The van der Waals surface area contributed by atoms with E-state index >= 15 is 0 Å². The first-order chi connectivity index (χ1) is 8.03. The molecule has 1 aromatic rings. The zero-order valence-electron chi connectivity index (χ0n) is 10.4. The highest BCUT2D eigenvalue weighted by Gasteiger charge is 2.37. The van der Waals surface area contributed by atoms with Crippen molar-refractivity contribution in [1.29, 1.82) is 0 Å². The summed E-state index contributed by atoms with van der Waals surface area (Å²) in [6.07, 6.45) is 4.43. The third-order valence-corrected chi connectivity index (χ3v) is 4.11. The Bertz CT molecular complexity index is 417. The summed E-state index contributed by atoms with van der Waals surface area (Å²) in [5.74, 6) is 0.290. The maximum atomic E-state index is 9.53. The van der Waals surface area contributed by atoms with Gasteiger partial charge in [0.2, 0.25) is 0 Å². The van der Waals surface area contributed by atoms with Crippen molar-refractivity contribution >= 4 is 17.7 Å². The van der Waals surface area contributed by atoms with Crippen molar-refractivity contribution in [1.82, 2.24) is 0 Å². The Morgan fingerprint density at radius 2 is 2.00 bits per heavy atom. The van der Waals surface area contributed by atoms with Gasteiger partial charge in [-0.05, 0) is 36.0 Å². The van der Waals surface area contributed by atoms with Gasteiger partial charge in [-0.1, -0.05) is 49.2 Å². The first-order valence-corrected chi connectivity index (χ1v) is 6.47. The average molecular weight is 251 g/mol. The second-order valence-electron chi connectivity index (χ2n) is 5.49. The molecule has 17 heavy (non-hydrogen) atoms. The summed E-state index contributed by atoms with van der Waals surface area (Å²) < 4.78 is 0. The normalized spacial score (nSPS) is 25.4. The van der Waals surface area contributed by atoms with Crippen LogP contribution in [0.15, 0.2) is 29.8 Å². The molecule has 0 spiro atoms. The largest absolute Gasteiger partial charge is 0.396 e. The number of aliphatic hydroxyl groups is 1. The van der Waals surface area contributed by atoms with Gasteiger partial charge in [0.05, 0.1) is 6.61 Å². The van der Waals surface area contributed by atoms with Gasteiger partial charge in [0.15, 0.2) is 0 Å². The summed E-state index contributed by atoms with van der Waals surface area (Å²) in [6.45, 7) is 4.71. The molecular weight excluding hydrogens is 232 g/mol. The van der Waals surface area contributed by atoms with E-state index in [9.17, 15) is 5.11 Å². The van der Waals surface area contributed by atoms with Gasteiger partial charge in [-0.2, -0.15) is 0 Å². The number of hydrogen-bond acceptors (Lipinski definition) is 1. The molecule has 2 rings (SSSR count). The third kappa shape index (κ3) is 2.72. The van der Waals surface area contributed by atoms with Gasteiger partial charge in [-0.15, -0.1) is 0 Å². The van der Waals surface area contributed by atoms with Crippen LogP contribution in [-0.4, -0.2) is 11.7 Å². The van der Waals surface area contributed by atoms with Crippen molar-refractivity contribution in [2.24, 2.45) is 11.3 Å². The molecular formula is C15H19ClO. The summed E-state index contributed by atoms with van der Waals surface area (Å²) in [4.78, 5) is 0. The highest BCUT2D eigenvalue weighted by atomic mass is 35.5. The van der Waals surface area contributed by atoms with Crippen LogP contribution >= 0.6 is 11.6 Å². The number of rotatable bonds is 2. The van der Waals surface area contributed by atoms with Crippen LogP contribution in [0.3, 0.4) is 0 Å². The van der Waals surface area contributed by atoms with Crippen LogP contribution in [0.25, 0.3) is 6.08 Å². The predicted octanol–water partition coefficient (Wildman–Crippen LogP) is 4.15. The van der Waals surface area contributed by atoms with Crippen LogP contribution in [0.4, 0.5) is 0 Å². The van der Waals surface area contributed by atoms with Crippen molar-refractivity contribution in [2.75, 3.05) is 6.61 Å². The van der Waals surface area contributed by atoms with Gasteiger partial charge in [0.25, 0.3) is 0 Å². The van der Waals surface area contributed by atoms with E-state index in [4.69, 9.17) is 11.6 Å². The molecule has 0 aliphatic heterocycles. The fraction of sp³-hybridized carbons (Fsp3) is 0.467. The lowest BCUT2D eigenvalue weighted by atomic mass is 9.81. The summed E-state index contributed by atoms with van der Waals surface area (Å²) in [6, 6.07) is 7.86. The molecule has 1 atom stereocenters. The van der Waals surface area contributed by atoms with Crippen molar-refractivity contribution < 1.29 is 5.11 Å². The van der Waals surface area contributed by atoms with E-state index in [1.807, 2.05) is 24.3 Å². The Morgan fingerprint density at radius 3 is 2.59 bits per heavy atom. The van der Waals surface area contributed by atoms with Crippen molar-refractivity contribution in [3.8, 4) is 0 Å². The van der Waals surface area contributed by atoms with E-state index in [2.05, 4.69) is 19.9 Å². The Balaban J connectivity index is 2.25. The van der Waals surface area contributed by atoms with E-state index in [1.165, 1.54) is 11.1 Å². The number of aliphatic hydroxyl groups excluding tert-OH is 1. The van der Waals surface area contributed by atoms with Gasteiger partial charge < -0.3 is 5.11 Å². The van der Waals surface area contributed by atoms with Gasteiger partial charge >= 0.3 is 0 Å². The summed E-state index contributed by atoms with van der Waals surface area (Å²) in [5.41, 5.74) is 2.74. The minimum absolute atomic E-state index is 0.215. The summed E-state index contributed by atoms with van der Waals surface area (Å²) in [7, 11) is 0. The fourth-order valence-electron chi connectivity index (χ4n) is 2.63. The minimum atomic E-state index is 0.215. The molecule has 1 aliphatic rings. The molecule has 1 fully saturated rings. The maximum absolute atomic E-state index is 9.53. The van der Waals surface area contributed by atoms with E-state index in [-0.39, 0.29) is 17.9 Å². The number of benzene rings is 1. The van der Waals surface area contributed by atoms with Crippen LogP contribution in [0.2, 0.25) is 5.02 Å². The monoisotopic (exact) mass is 250 g/mol. The molecule has 0 aromatic heterocycles. The summed E-state index contributed by atoms with van der Waals surface area (Å²) >= 11 is 5.87. The van der Waals surface area contributed by atoms with Crippen LogP contribution in [0.5, 0.6) is 0 Å². The Morgan fingerprint density at radius 1 is 1.35 bits per heavy atom. The second kappa shape index (κ2) is 4.83. The molecule has 0 amide bonds. The molecule has 0 saturated heterocycles. The van der Waals surface area contributed by atoms with Crippen LogP contribution in [0.1, 0.15) is 32.3 Å². The highest BCUT2D eigenvalue weighted by molar-refractivity contribution is 6.30. The highest BCUT2D eigenvalue weighted by Crippen LogP contribution is 2.46. The van der Waals surface area contributed by atoms with E-state index in [1.54, 1.807) is 0 Å². The quantitative estimate of drug-likeness (QED) is 0.836. The van der Waals surface area contributed by atoms with Crippen LogP contribution in [-0.2, 0) is 0 Å². The van der Waals surface area contributed by atoms with Gasteiger partial charge in [-0.3, -0.25) is 0 Å². The topological polar surface area (TPSA) is 20.2 Å². The van der Waals surface area contributed by atoms with Gasteiger partial charge in [0.1, 0.15) is 0 Å². The Kier molecular flexibility index (Phi) is 3.60. The van der Waals surface area contributed by atoms with Crippen molar-refractivity contribution in [3.05, 3.63) is 40.4 Å². The minimum Gasteiger partial charge on any atom is -0.396 e. The average Bonchev–Trinajstić information content (AvgIpc) is 2.57. The zero-order valence-corrected chi connectivity index (χ0v) is 11.2. The molecule has 1 aromatic carbocycles. The number of halogens is 1. The molecule has 0 radical (unpaired) electrons. The molecule has 1 unspecified atom stereocenters. The fourth-order valence-corrected chi connectivity index (χ4v) is 2.75.